The summed E-state index contributed by atoms with van der Waals surface area (Å²) in [6.07, 6.45) is 4.78. The minimum atomic E-state index is -3.52. The highest BCUT2D eigenvalue weighted by Gasteiger charge is 2.31. The molecule has 1 aromatic rings. The molecule has 0 unspecified atom stereocenters. The molecule has 0 aliphatic carbocycles. The summed E-state index contributed by atoms with van der Waals surface area (Å²) >= 11 is 0. The summed E-state index contributed by atoms with van der Waals surface area (Å²) in [7, 11) is -1.66. The molecule has 1 aliphatic heterocycles. The van der Waals surface area contributed by atoms with E-state index in [-0.39, 0.29) is 11.1 Å². The van der Waals surface area contributed by atoms with Crippen molar-refractivity contribution in [2.45, 2.75) is 30.8 Å². The normalized spacial score (nSPS) is 22.0. The molecule has 1 fully saturated rings. The quantitative estimate of drug-likeness (QED) is 0.846. The smallest absolute Gasteiger partial charge is 0.262 e. The monoisotopic (exact) mass is 270 g/mol. The topological polar surface area (TPSA) is 75.2 Å². The van der Waals surface area contributed by atoms with Gasteiger partial charge in [-0.25, -0.2) is 13.4 Å². The minimum Gasteiger partial charge on any atom is -0.316 e. The van der Waals surface area contributed by atoms with E-state index < -0.39 is 10.0 Å². The number of sulfonamides is 1. The molecule has 7 heteroatoms. The van der Waals surface area contributed by atoms with Gasteiger partial charge in [0.1, 0.15) is 0 Å². The van der Waals surface area contributed by atoms with Gasteiger partial charge in [0.25, 0.3) is 10.0 Å². The fourth-order valence-electron chi connectivity index (χ4n) is 2.17. The maximum Gasteiger partial charge on any atom is 0.262 e. The van der Waals surface area contributed by atoms with Crippen LogP contribution in [0.25, 0.3) is 0 Å². The van der Waals surface area contributed by atoms with Crippen LogP contribution < -0.4 is 5.32 Å². The Hall–Kier alpha value is -1.05. The predicted molar refractivity (Wildman–Crippen MR) is 67.6 cm³/mol. The van der Waals surface area contributed by atoms with Crippen molar-refractivity contribution in [2.75, 3.05) is 20.1 Å². The average molecular weight is 270 g/mol. The van der Waals surface area contributed by atoms with E-state index in [9.17, 15) is 8.42 Å². The Morgan fingerprint density at radius 1 is 1.39 bits per heavy atom. The number of nitrogens with zero attached hydrogens (tertiary/aromatic N) is 3. The van der Waals surface area contributed by atoms with E-state index in [1.165, 1.54) is 16.7 Å². The van der Waals surface area contributed by atoms with Gasteiger partial charge >= 0.3 is 0 Å². The van der Waals surface area contributed by atoms with E-state index >= 15 is 0 Å². The summed E-state index contributed by atoms with van der Waals surface area (Å²) in [4.78, 5) is 7.96. The summed E-state index contributed by atoms with van der Waals surface area (Å²) < 4.78 is 26.4. The molecule has 0 spiro atoms. The summed E-state index contributed by atoms with van der Waals surface area (Å²) in [5.74, 6) is 0. The number of nitrogens with one attached hydrogen (secondary N) is 1. The Morgan fingerprint density at radius 3 is 2.78 bits per heavy atom. The van der Waals surface area contributed by atoms with Gasteiger partial charge in [0.05, 0.1) is 5.69 Å². The van der Waals surface area contributed by atoms with E-state index in [0.29, 0.717) is 18.8 Å². The number of hydrogen-bond acceptors (Lipinski definition) is 5. The molecule has 2 heterocycles. The third kappa shape index (κ3) is 2.52. The predicted octanol–water partition coefficient (Wildman–Crippen LogP) is 0.158. The van der Waals surface area contributed by atoms with E-state index in [1.54, 1.807) is 6.92 Å². The third-order valence-corrected chi connectivity index (χ3v) is 5.11. The molecule has 1 saturated heterocycles. The Labute approximate surface area is 107 Å². The number of hydrogen-bond donors (Lipinski definition) is 1. The SMILES string of the molecule is CN[C@H]1CCCN(S(=O)(=O)c2nccnc2C)C1. The summed E-state index contributed by atoms with van der Waals surface area (Å²) in [5, 5.41) is 3.20. The van der Waals surface area contributed by atoms with Crippen LogP contribution >= 0.6 is 0 Å². The van der Waals surface area contributed by atoms with E-state index in [4.69, 9.17) is 0 Å². The van der Waals surface area contributed by atoms with Gasteiger partial charge in [-0.2, -0.15) is 4.31 Å². The molecule has 1 aliphatic rings. The Kier molecular flexibility index (Phi) is 3.94. The maximum atomic E-state index is 12.5. The van der Waals surface area contributed by atoms with Gasteiger partial charge in [0, 0.05) is 31.5 Å². The average Bonchev–Trinajstić information content (AvgIpc) is 2.39. The first kappa shape index (κ1) is 13.4. The lowest BCUT2D eigenvalue weighted by Gasteiger charge is -2.31. The zero-order chi connectivity index (χ0) is 13.2. The van der Waals surface area contributed by atoms with Crippen LogP contribution in [0, 0.1) is 6.92 Å². The van der Waals surface area contributed by atoms with Crippen LogP contribution in [-0.2, 0) is 10.0 Å². The number of likely N-dealkylation sites (N-methyl/N-ethyl adjacent to an activating group) is 1. The maximum absolute atomic E-state index is 12.5. The standard InChI is InChI=1S/C11H18N4O2S/c1-9-11(14-6-5-13-9)18(16,17)15-7-3-4-10(8-15)12-2/h5-6,10,12H,3-4,7-8H2,1-2H3/t10-/m0/s1. The van der Waals surface area contributed by atoms with Crippen molar-refractivity contribution in [2.24, 2.45) is 0 Å². The molecule has 1 aromatic heterocycles. The molecule has 0 bridgehead atoms. The number of aromatic nitrogens is 2. The minimum absolute atomic E-state index is 0.0711. The Balaban J connectivity index is 2.29. The van der Waals surface area contributed by atoms with Crippen molar-refractivity contribution in [1.29, 1.82) is 0 Å². The van der Waals surface area contributed by atoms with E-state index in [1.807, 2.05) is 7.05 Å². The second kappa shape index (κ2) is 5.29. The Bertz CT molecular complexity index is 518. The van der Waals surface area contributed by atoms with Crippen LogP contribution in [0.1, 0.15) is 18.5 Å². The second-order valence-corrected chi connectivity index (χ2v) is 6.29. The molecule has 100 valence electrons. The number of aryl methyl sites for hydroxylation is 1. The molecule has 0 saturated carbocycles. The Morgan fingerprint density at radius 2 is 2.11 bits per heavy atom. The van der Waals surface area contributed by atoms with Crippen molar-refractivity contribution >= 4 is 10.0 Å². The largest absolute Gasteiger partial charge is 0.316 e. The van der Waals surface area contributed by atoms with Crippen LogP contribution in [0.15, 0.2) is 17.4 Å². The first-order chi connectivity index (χ1) is 8.55. The summed E-state index contributed by atoms with van der Waals surface area (Å²) in [6, 6.07) is 0.213. The molecule has 2 rings (SSSR count). The van der Waals surface area contributed by atoms with Crippen molar-refractivity contribution < 1.29 is 8.42 Å². The fourth-order valence-corrected chi connectivity index (χ4v) is 3.78. The molecular formula is C11H18N4O2S. The molecule has 1 N–H and O–H groups in total. The summed E-state index contributed by atoms with van der Waals surface area (Å²) in [5.41, 5.74) is 0.448. The number of piperidine rings is 1. The van der Waals surface area contributed by atoms with Crippen molar-refractivity contribution in [3.05, 3.63) is 18.1 Å². The van der Waals surface area contributed by atoms with Crippen LogP contribution in [0.4, 0.5) is 0 Å². The zero-order valence-corrected chi connectivity index (χ0v) is 11.4. The molecule has 6 nitrogen and oxygen atoms in total. The lowest BCUT2D eigenvalue weighted by molar-refractivity contribution is 0.292. The third-order valence-electron chi connectivity index (χ3n) is 3.21. The highest BCUT2D eigenvalue weighted by atomic mass is 32.2. The van der Waals surface area contributed by atoms with Crippen molar-refractivity contribution in [3.8, 4) is 0 Å². The van der Waals surface area contributed by atoms with Crippen molar-refractivity contribution in [3.63, 3.8) is 0 Å². The lowest BCUT2D eigenvalue weighted by Crippen LogP contribution is -2.47. The first-order valence-electron chi connectivity index (χ1n) is 6.00. The molecule has 1 atom stereocenters. The van der Waals surface area contributed by atoms with Gasteiger partial charge in [-0.05, 0) is 26.8 Å². The highest BCUT2D eigenvalue weighted by Crippen LogP contribution is 2.20. The van der Waals surface area contributed by atoms with E-state index in [2.05, 4.69) is 15.3 Å². The molecular weight excluding hydrogens is 252 g/mol. The van der Waals surface area contributed by atoms with Gasteiger partial charge in [-0.15, -0.1) is 0 Å². The molecule has 0 aromatic carbocycles. The second-order valence-electron chi connectivity index (χ2n) is 4.44. The lowest BCUT2D eigenvalue weighted by atomic mass is 10.1. The van der Waals surface area contributed by atoms with Gasteiger partial charge in [-0.1, -0.05) is 0 Å². The first-order valence-corrected chi connectivity index (χ1v) is 7.44. The van der Waals surface area contributed by atoms with Gasteiger partial charge < -0.3 is 5.32 Å². The van der Waals surface area contributed by atoms with Crippen molar-refractivity contribution in [1.82, 2.24) is 19.6 Å². The van der Waals surface area contributed by atoms with Gasteiger partial charge in [-0.3, -0.25) is 4.98 Å². The van der Waals surface area contributed by atoms with Gasteiger partial charge in [0.2, 0.25) is 0 Å². The molecule has 18 heavy (non-hydrogen) atoms. The van der Waals surface area contributed by atoms with Crippen LogP contribution in [0.2, 0.25) is 0 Å². The number of rotatable bonds is 3. The van der Waals surface area contributed by atoms with Crippen LogP contribution in [0.5, 0.6) is 0 Å². The molecule has 0 amide bonds. The fraction of sp³-hybridized carbons (Fsp3) is 0.636. The van der Waals surface area contributed by atoms with Crippen LogP contribution in [-0.4, -0.2) is 48.9 Å². The van der Waals surface area contributed by atoms with E-state index in [0.717, 1.165) is 12.8 Å². The summed E-state index contributed by atoms with van der Waals surface area (Å²) in [6.45, 7) is 2.71. The van der Waals surface area contributed by atoms with Crippen LogP contribution in [0.3, 0.4) is 0 Å². The van der Waals surface area contributed by atoms with Gasteiger partial charge in [0.15, 0.2) is 5.03 Å². The molecule has 0 radical (unpaired) electrons. The highest BCUT2D eigenvalue weighted by molar-refractivity contribution is 7.89. The zero-order valence-electron chi connectivity index (χ0n) is 10.6.